The number of aromatic nitrogens is 10. The lowest BCUT2D eigenvalue weighted by Crippen LogP contribution is -2.10. The molecule has 50 heteroatoms. The summed E-state index contributed by atoms with van der Waals surface area (Å²) in [6.07, 6.45) is 15.0. The third kappa shape index (κ3) is 55.4. The van der Waals surface area contributed by atoms with Crippen LogP contribution in [0.2, 0.25) is 0 Å². The zero-order chi connectivity index (χ0) is 105. The van der Waals surface area contributed by atoms with Crippen molar-refractivity contribution in [2.75, 3.05) is 75.7 Å². The number of carbonyl (C=O) groups is 16. The predicted octanol–water partition coefficient (Wildman–Crippen LogP) is 7.19. The molecule has 0 aromatic carbocycles. The molecule has 0 bridgehead atoms. The minimum absolute atomic E-state index is 0.00625. The minimum Gasteiger partial charge on any atom is -0.478 e. The van der Waals surface area contributed by atoms with Crippen molar-refractivity contribution in [1.29, 1.82) is 0 Å². The molecular weight excluding hydrogens is 1840 g/mol. The van der Waals surface area contributed by atoms with Crippen LogP contribution in [-0.4, -0.2) is 271 Å². The molecule has 5 N–H and O–H groups in total. The molecule has 10 aromatic rings. The first-order valence-electron chi connectivity index (χ1n) is 37.7. The van der Waals surface area contributed by atoms with Gasteiger partial charge in [0.1, 0.15) is 56.9 Å². The molecule has 10 aromatic heterocycles. The van der Waals surface area contributed by atoms with Gasteiger partial charge in [-0.1, -0.05) is 24.3 Å². The number of hydrogen-bond donors (Lipinski definition) is 5. The summed E-state index contributed by atoms with van der Waals surface area (Å²) in [5.41, 5.74) is 3.90. The first-order chi connectivity index (χ1) is 65.7. The van der Waals surface area contributed by atoms with Crippen LogP contribution in [0.4, 0.5) is 0 Å². The number of carbonyl (C=O) groups excluding carboxylic acids is 19. The monoisotopic (exact) mass is 1920 g/mol. The molecule has 0 unspecified atom stereocenters. The Bertz CT molecular complexity index is 5450. The lowest BCUT2D eigenvalue weighted by Gasteiger charge is -2.03. The van der Waals surface area contributed by atoms with Gasteiger partial charge in [0.15, 0.2) is 0 Å². The van der Waals surface area contributed by atoms with Crippen molar-refractivity contribution < 1.29 is 193 Å². The van der Waals surface area contributed by atoms with Crippen molar-refractivity contribution >= 4 is 120 Å². The van der Waals surface area contributed by atoms with Gasteiger partial charge in [0.05, 0.1) is 109 Å². The molecule has 0 spiro atoms. The van der Waals surface area contributed by atoms with Gasteiger partial charge >= 0.3 is 120 Å². The fourth-order valence-corrected chi connectivity index (χ4v) is 7.89. The normalized spacial score (nSPS) is 8.76. The topological polar surface area (TPSA) is 741 Å². The van der Waals surface area contributed by atoms with Crippen molar-refractivity contribution in [1.82, 2.24) is 49.8 Å². The van der Waals surface area contributed by atoms with E-state index in [1.807, 2.05) is 19.9 Å². The Morgan fingerprint density at radius 3 is 0.667 bits per heavy atom. The van der Waals surface area contributed by atoms with Gasteiger partial charge < -0.3 is 77.6 Å². The molecular formula is C88H86N10O40. The van der Waals surface area contributed by atoms with Crippen LogP contribution < -0.4 is 0 Å². The van der Waals surface area contributed by atoms with Crippen LogP contribution in [0, 0.1) is 13.8 Å². The molecule has 0 aliphatic heterocycles. The van der Waals surface area contributed by atoms with E-state index in [-0.39, 0.29) is 125 Å². The maximum absolute atomic E-state index is 11.4. The summed E-state index contributed by atoms with van der Waals surface area (Å²) in [6, 6.07) is 32.6. The summed E-state index contributed by atoms with van der Waals surface area (Å²) in [5, 5.41) is 42.8. The molecule has 0 saturated heterocycles. The number of aromatic carboxylic acids is 5. The zero-order valence-electron chi connectivity index (χ0n) is 75.0. The highest BCUT2D eigenvalue weighted by Crippen LogP contribution is 2.11. The first kappa shape index (κ1) is 125. The Hall–Kier alpha value is -19.5. The number of aryl methyl sites for hydroxylation is 2. The van der Waals surface area contributed by atoms with E-state index < -0.39 is 89.5 Å². The van der Waals surface area contributed by atoms with Crippen LogP contribution in [0.15, 0.2) is 195 Å². The number of ether oxygens (including phenoxy) is 11. The van der Waals surface area contributed by atoms with Crippen LogP contribution in [0.5, 0.6) is 0 Å². The summed E-state index contributed by atoms with van der Waals surface area (Å²) in [6.45, 7) is 13.7. The van der Waals surface area contributed by atoms with Crippen LogP contribution in [0.3, 0.4) is 0 Å². The molecule has 0 amide bonds. The Morgan fingerprint density at radius 2 is 0.428 bits per heavy atom. The third-order valence-electron chi connectivity index (χ3n) is 13.8. The highest BCUT2D eigenvalue weighted by molar-refractivity contribution is 5.98. The Balaban J connectivity index is -0.000000715. The van der Waals surface area contributed by atoms with Crippen LogP contribution in [-0.2, 0) is 90.5 Å². The van der Waals surface area contributed by atoms with E-state index in [4.69, 9.17) is 82.8 Å². The minimum atomic E-state index is -1.18. The number of nitrogens with zero attached hydrogens (tertiary/aromatic N) is 10. The zero-order valence-corrected chi connectivity index (χ0v) is 75.0. The van der Waals surface area contributed by atoms with Crippen LogP contribution in [0.1, 0.15) is 213 Å². The van der Waals surface area contributed by atoms with Crippen LogP contribution >= 0.6 is 0 Å². The number of carboxylic acids is 5. The molecule has 0 saturated carbocycles. The number of hydrogen-bond acceptors (Lipinski definition) is 45. The maximum atomic E-state index is 11.4. The van der Waals surface area contributed by atoms with Gasteiger partial charge in [0, 0.05) is 62.0 Å². The molecule has 0 radical (unpaired) electrons. The molecule has 0 atom stereocenters. The smallest absolute Gasteiger partial charge is 0.373 e. The summed E-state index contributed by atoms with van der Waals surface area (Å²) < 4.78 is 50.3. The van der Waals surface area contributed by atoms with Gasteiger partial charge in [-0.2, -0.15) is 38.4 Å². The Kier molecular flexibility index (Phi) is 69.1. The van der Waals surface area contributed by atoms with E-state index in [0.717, 1.165) is 23.3 Å². The number of esters is 11. The van der Waals surface area contributed by atoms with Gasteiger partial charge in [0.25, 0.3) is 0 Å². The predicted molar refractivity (Wildman–Crippen MR) is 454 cm³/mol. The lowest BCUT2D eigenvalue weighted by molar-refractivity contribution is -0.193. The van der Waals surface area contributed by atoms with E-state index in [0.29, 0.717) is 29.3 Å². The van der Waals surface area contributed by atoms with Crippen molar-refractivity contribution in [3.63, 3.8) is 0 Å². The Morgan fingerprint density at radius 1 is 0.225 bits per heavy atom. The molecule has 0 fully saturated rings. The van der Waals surface area contributed by atoms with Gasteiger partial charge in [-0.15, -0.1) is 0 Å². The van der Waals surface area contributed by atoms with Crippen molar-refractivity contribution in [2.45, 2.75) is 48.5 Å². The van der Waals surface area contributed by atoms with Crippen LogP contribution in [0.25, 0.3) is 0 Å². The van der Waals surface area contributed by atoms with Crippen molar-refractivity contribution in [2.24, 2.45) is 0 Å². The largest absolute Gasteiger partial charge is 0.478 e. The molecule has 50 nitrogen and oxygen atoms in total. The van der Waals surface area contributed by atoms with Gasteiger partial charge in [-0.25, -0.2) is 127 Å². The van der Waals surface area contributed by atoms with E-state index in [9.17, 15) is 76.7 Å². The third-order valence-corrected chi connectivity index (χ3v) is 13.8. The number of pyridine rings is 10. The number of methoxy groups -OCH3 is 6. The summed E-state index contributed by atoms with van der Waals surface area (Å²) in [7, 11) is 7.61. The molecule has 10 heterocycles. The second-order valence-corrected chi connectivity index (χ2v) is 22.9. The maximum Gasteiger partial charge on any atom is 0.373 e. The van der Waals surface area contributed by atoms with E-state index >= 15 is 0 Å². The fraction of sp³-hybridized carbons (Fsp3) is 0.205. The first-order valence-corrected chi connectivity index (χ1v) is 37.7. The second-order valence-electron chi connectivity index (χ2n) is 22.9. The highest BCUT2D eigenvalue weighted by Gasteiger charge is 2.18. The highest BCUT2D eigenvalue weighted by atomic mass is 16.6. The fourth-order valence-electron chi connectivity index (χ4n) is 7.89. The number of rotatable bonds is 21. The Labute approximate surface area is 780 Å². The molecule has 0 aliphatic carbocycles. The van der Waals surface area contributed by atoms with Gasteiger partial charge in [-0.3, -0.25) is 0 Å². The summed E-state index contributed by atoms with van der Waals surface area (Å²) in [5.74, 6) is -11.2. The van der Waals surface area contributed by atoms with Crippen molar-refractivity contribution in [3.05, 3.63) is 297 Å². The van der Waals surface area contributed by atoms with E-state index in [2.05, 4.69) is 83.0 Å². The van der Waals surface area contributed by atoms with Crippen molar-refractivity contribution in [3.8, 4) is 0 Å². The second kappa shape index (κ2) is 76.4. The standard InChI is InChI=1S/C11H13NO4.3C9H9NO4.2C8H7NO4.2C8H9NO2.2C7H7NO2.4CO2/c1-3-15-10(13)8-5-6-12-9(7-8)11(14)16-4-2;1-13-8(11)6-3-4-10-7(5-6)9(12)14-2;1-2-14-9(13)6-3-4-10-7(5-6)8(11)12;1-2-14-9(13)7-5-6(8(11)12)3-4-10-7;1-13-8(12)5-2-3-9-6(4-5)7(10)11;1-13-8(12)6-4-5(7(10)11)2-3-9-6;1-6-3-4-7(9-5-6)8(10)11-2;1-2-11-8(10)7-5-3-4-6-9-7;1-5-2-3-6(7(9)10)8-4-5;1-10-7(9)6-4-2-3-5-8-6;4*2-1-3/h5-7H,3-4H2,1-2H3;3-5H,1-2H3;2*3-5H,2H2,1H3,(H,11,12);2*2-4H,1H3,(H,10,11);3-5H,1-2H3;3-6H,2H2,1H3;2-4H,1H3,(H,9,10);2-5H,1H3;;;;. The molecule has 728 valence electrons. The molecule has 138 heavy (non-hydrogen) atoms. The summed E-state index contributed by atoms with van der Waals surface area (Å²) >= 11 is 0. The average molecular weight is 1920 g/mol. The molecule has 0 aliphatic rings. The summed E-state index contributed by atoms with van der Waals surface area (Å²) in [4.78, 5) is 276. The SMILES string of the molecule is CCOC(=O)c1cc(C(=O)O)ccn1.CCOC(=O)c1ccccn1.CCOC(=O)c1ccnc(C(=O)O)c1.CCOC(=O)c1ccnc(C(=O)OCC)c1.COC(=O)c1cc(C(=O)O)ccn1.COC(=O)c1ccc(C)cn1.COC(=O)c1ccccn1.COC(=O)c1ccnc(C(=O)O)c1.COC(=O)c1ccnc(C(=O)OC)c1.Cc1ccc(C(=O)O)nc1.O=C=O.O=C=O.O=C=O.O=C=O. The lowest BCUT2D eigenvalue weighted by atomic mass is 10.2. The average Bonchev–Trinajstić information content (AvgIpc) is 0.872. The van der Waals surface area contributed by atoms with E-state index in [1.165, 1.54) is 153 Å². The molecule has 10 rings (SSSR count). The van der Waals surface area contributed by atoms with Gasteiger partial charge in [-0.05, 0) is 169 Å². The number of carboxylic acid groups (broad SMARTS) is 5. The quantitative estimate of drug-likeness (QED) is 0.0351. The van der Waals surface area contributed by atoms with Gasteiger partial charge in [0.2, 0.25) is 0 Å². The van der Waals surface area contributed by atoms with E-state index in [1.54, 1.807) is 102 Å².